The molecule has 2 fully saturated rings. The zero-order valence-corrected chi connectivity index (χ0v) is 12.6. The van der Waals surface area contributed by atoms with Crippen LogP contribution in [0.15, 0.2) is 24.5 Å². The van der Waals surface area contributed by atoms with Gasteiger partial charge in [0.2, 0.25) is 5.91 Å². The highest BCUT2D eigenvalue weighted by Gasteiger charge is 2.29. The standard InChI is InChI=1S/C17H25N3O/c21-17(6-5-14-3-1-9-19-13-14)20-12-2-4-16(20)15-7-10-18-11-8-15/h7-8,10-11,14,16,19H,1-6,9,12-13H2. The van der Waals surface area contributed by atoms with Crippen LogP contribution in [0.2, 0.25) is 0 Å². The van der Waals surface area contributed by atoms with Gasteiger partial charge in [-0.15, -0.1) is 0 Å². The molecule has 3 rings (SSSR count). The third kappa shape index (κ3) is 3.62. The first kappa shape index (κ1) is 14.5. The molecule has 0 bridgehead atoms. The Morgan fingerprint density at radius 2 is 2.14 bits per heavy atom. The lowest BCUT2D eigenvalue weighted by atomic mass is 9.94. The fourth-order valence-electron chi connectivity index (χ4n) is 3.64. The summed E-state index contributed by atoms with van der Waals surface area (Å²) >= 11 is 0. The van der Waals surface area contributed by atoms with E-state index >= 15 is 0 Å². The maximum atomic E-state index is 12.6. The maximum absolute atomic E-state index is 12.6. The second kappa shape index (κ2) is 7.03. The number of hydrogen-bond donors (Lipinski definition) is 1. The average molecular weight is 287 g/mol. The van der Waals surface area contributed by atoms with E-state index < -0.39 is 0 Å². The summed E-state index contributed by atoms with van der Waals surface area (Å²) in [6.07, 6.45) is 10.1. The number of hydrogen-bond acceptors (Lipinski definition) is 3. The lowest BCUT2D eigenvalue weighted by molar-refractivity contribution is -0.132. The molecule has 1 aromatic heterocycles. The summed E-state index contributed by atoms with van der Waals surface area (Å²) < 4.78 is 0. The average Bonchev–Trinajstić information content (AvgIpc) is 3.04. The van der Waals surface area contributed by atoms with Gasteiger partial charge in [-0.3, -0.25) is 9.78 Å². The third-order valence-electron chi connectivity index (χ3n) is 4.83. The molecule has 2 unspecified atom stereocenters. The molecule has 0 spiro atoms. The molecule has 0 aliphatic carbocycles. The Kier molecular flexibility index (Phi) is 4.86. The number of aromatic nitrogens is 1. The van der Waals surface area contributed by atoms with Crippen LogP contribution >= 0.6 is 0 Å². The summed E-state index contributed by atoms with van der Waals surface area (Å²) in [5, 5.41) is 3.43. The van der Waals surface area contributed by atoms with Gasteiger partial charge < -0.3 is 10.2 Å². The summed E-state index contributed by atoms with van der Waals surface area (Å²) in [6.45, 7) is 3.14. The Labute approximate surface area is 126 Å². The SMILES string of the molecule is O=C(CCC1CCCNC1)N1CCCC1c1ccncc1. The van der Waals surface area contributed by atoms with Crippen LogP contribution in [-0.2, 0) is 4.79 Å². The van der Waals surface area contributed by atoms with Crippen LogP contribution in [0.3, 0.4) is 0 Å². The number of piperidine rings is 1. The maximum Gasteiger partial charge on any atom is 0.223 e. The largest absolute Gasteiger partial charge is 0.336 e. The number of nitrogens with one attached hydrogen (secondary N) is 1. The van der Waals surface area contributed by atoms with Gasteiger partial charge in [0.15, 0.2) is 0 Å². The van der Waals surface area contributed by atoms with Gasteiger partial charge in [0.1, 0.15) is 0 Å². The Morgan fingerprint density at radius 1 is 1.29 bits per heavy atom. The second-order valence-corrected chi connectivity index (χ2v) is 6.28. The van der Waals surface area contributed by atoms with Crippen molar-refractivity contribution in [2.24, 2.45) is 5.92 Å². The van der Waals surface area contributed by atoms with Gasteiger partial charge in [-0.2, -0.15) is 0 Å². The van der Waals surface area contributed by atoms with Crippen molar-refractivity contribution in [1.82, 2.24) is 15.2 Å². The number of amides is 1. The van der Waals surface area contributed by atoms with Crippen molar-refractivity contribution >= 4 is 5.91 Å². The fourth-order valence-corrected chi connectivity index (χ4v) is 3.64. The quantitative estimate of drug-likeness (QED) is 0.925. The Bertz CT molecular complexity index is 456. The smallest absolute Gasteiger partial charge is 0.223 e. The van der Waals surface area contributed by atoms with E-state index in [1.54, 1.807) is 0 Å². The molecule has 21 heavy (non-hydrogen) atoms. The van der Waals surface area contributed by atoms with Crippen molar-refractivity contribution in [3.05, 3.63) is 30.1 Å². The molecule has 4 nitrogen and oxygen atoms in total. The second-order valence-electron chi connectivity index (χ2n) is 6.28. The van der Waals surface area contributed by atoms with Crippen molar-refractivity contribution in [1.29, 1.82) is 0 Å². The summed E-state index contributed by atoms with van der Waals surface area (Å²) in [6, 6.07) is 4.35. The molecule has 2 aliphatic rings. The van der Waals surface area contributed by atoms with Crippen LogP contribution < -0.4 is 5.32 Å². The third-order valence-corrected chi connectivity index (χ3v) is 4.83. The summed E-state index contributed by atoms with van der Waals surface area (Å²) in [7, 11) is 0. The topological polar surface area (TPSA) is 45.2 Å². The predicted octanol–water partition coefficient (Wildman–Crippen LogP) is 2.52. The molecule has 0 saturated carbocycles. The van der Waals surface area contributed by atoms with E-state index in [0.717, 1.165) is 38.9 Å². The Morgan fingerprint density at radius 3 is 2.90 bits per heavy atom. The van der Waals surface area contributed by atoms with Gasteiger partial charge in [0, 0.05) is 25.4 Å². The van der Waals surface area contributed by atoms with Crippen LogP contribution in [-0.4, -0.2) is 35.4 Å². The summed E-state index contributed by atoms with van der Waals surface area (Å²) in [5.74, 6) is 1.02. The van der Waals surface area contributed by atoms with Gasteiger partial charge in [-0.1, -0.05) is 0 Å². The van der Waals surface area contributed by atoms with Crippen LogP contribution in [0.1, 0.15) is 50.1 Å². The number of rotatable bonds is 4. The van der Waals surface area contributed by atoms with Crippen LogP contribution in [0, 0.1) is 5.92 Å². The van der Waals surface area contributed by atoms with E-state index in [-0.39, 0.29) is 6.04 Å². The summed E-state index contributed by atoms with van der Waals surface area (Å²) in [5.41, 5.74) is 1.23. The molecule has 114 valence electrons. The molecule has 1 N–H and O–H groups in total. The zero-order valence-electron chi connectivity index (χ0n) is 12.6. The summed E-state index contributed by atoms with van der Waals surface area (Å²) in [4.78, 5) is 18.7. The highest BCUT2D eigenvalue weighted by atomic mass is 16.2. The van der Waals surface area contributed by atoms with Gasteiger partial charge in [-0.25, -0.2) is 0 Å². The van der Waals surface area contributed by atoms with E-state index in [0.29, 0.717) is 18.2 Å². The highest BCUT2D eigenvalue weighted by Crippen LogP contribution is 2.32. The van der Waals surface area contributed by atoms with Gasteiger partial charge in [-0.05, 0) is 68.8 Å². The lowest BCUT2D eigenvalue weighted by Gasteiger charge is -2.27. The monoisotopic (exact) mass is 287 g/mol. The molecular weight excluding hydrogens is 262 g/mol. The molecular formula is C17H25N3O. The van der Waals surface area contributed by atoms with Gasteiger partial charge in [0.25, 0.3) is 0 Å². The first-order chi connectivity index (χ1) is 10.3. The molecule has 2 aliphatic heterocycles. The van der Waals surface area contributed by atoms with Crippen molar-refractivity contribution in [3.63, 3.8) is 0 Å². The minimum Gasteiger partial charge on any atom is -0.336 e. The fraction of sp³-hybridized carbons (Fsp3) is 0.647. The Balaban J connectivity index is 1.55. The molecule has 3 heterocycles. The van der Waals surface area contributed by atoms with Crippen molar-refractivity contribution in [2.45, 2.75) is 44.6 Å². The number of likely N-dealkylation sites (tertiary alicyclic amines) is 1. The first-order valence-corrected chi connectivity index (χ1v) is 8.24. The van der Waals surface area contributed by atoms with Gasteiger partial charge in [0.05, 0.1) is 6.04 Å². The number of carbonyl (C=O) groups is 1. The molecule has 2 saturated heterocycles. The van der Waals surface area contributed by atoms with E-state index in [1.165, 1.54) is 18.4 Å². The molecule has 1 amide bonds. The zero-order chi connectivity index (χ0) is 14.5. The van der Waals surface area contributed by atoms with Crippen molar-refractivity contribution in [3.8, 4) is 0 Å². The predicted molar refractivity (Wildman–Crippen MR) is 82.8 cm³/mol. The van der Waals surface area contributed by atoms with Crippen molar-refractivity contribution in [2.75, 3.05) is 19.6 Å². The highest BCUT2D eigenvalue weighted by molar-refractivity contribution is 5.77. The van der Waals surface area contributed by atoms with Crippen molar-refractivity contribution < 1.29 is 4.79 Å². The molecule has 0 aromatic carbocycles. The molecule has 4 heteroatoms. The first-order valence-electron chi connectivity index (χ1n) is 8.24. The molecule has 1 aromatic rings. The van der Waals surface area contributed by atoms with E-state index in [4.69, 9.17) is 0 Å². The lowest BCUT2D eigenvalue weighted by Crippen LogP contribution is -2.33. The number of pyridine rings is 1. The van der Waals surface area contributed by atoms with Crippen LogP contribution in [0.4, 0.5) is 0 Å². The molecule has 0 radical (unpaired) electrons. The van der Waals surface area contributed by atoms with E-state index in [9.17, 15) is 4.79 Å². The number of carbonyl (C=O) groups excluding carboxylic acids is 1. The van der Waals surface area contributed by atoms with E-state index in [1.807, 2.05) is 24.5 Å². The molecule has 2 atom stereocenters. The van der Waals surface area contributed by atoms with Crippen LogP contribution in [0.25, 0.3) is 0 Å². The van der Waals surface area contributed by atoms with Gasteiger partial charge >= 0.3 is 0 Å². The minimum absolute atomic E-state index is 0.269. The number of nitrogens with zero attached hydrogens (tertiary/aromatic N) is 2. The minimum atomic E-state index is 0.269. The Hall–Kier alpha value is -1.42. The van der Waals surface area contributed by atoms with Crippen LogP contribution in [0.5, 0.6) is 0 Å². The van der Waals surface area contributed by atoms with E-state index in [2.05, 4.69) is 15.2 Å². The normalized spacial score (nSPS) is 26.0.